The first kappa shape index (κ1) is 8.00. The van der Waals surface area contributed by atoms with Gasteiger partial charge in [0.2, 0.25) is 0 Å². The molecule has 0 aromatic rings. The van der Waals surface area contributed by atoms with Gasteiger partial charge in [0.05, 0.1) is 13.2 Å². The number of amidine groups is 1. The first-order valence-electron chi connectivity index (χ1n) is 3.35. The molecule has 0 spiro atoms. The average Bonchev–Trinajstić information content (AvgIpc) is 2.26. The normalized spacial score (nSPS) is 17.4. The lowest BCUT2D eigenvalue weighted by Crippen LogP contribution is -2.31. The standard InChI is InChI=1S/C6H11N3O2/c1-11-3-2-9-4-5(7)8-6(9)10/h2-4H2,1H3,(H2,7,8,10). The van der Waals surface area contributed by atoms with Crippen molar-refractivity contribution in [2.45, 2.75) is 0 Å². The molecule has 0 saturated carbocycles. The van der Waals surface area contributed by atoms with Gasteiger partial charge in [-0.1, -0.05) is 0 Å². The molecular formula is C6H11N3O2. The van der Waals surface area contributed by atoms with Crippen LogP contribution in [0.25, 0.3) is 0 Å². The molecule has 5 heteroatoms. The second-order valence-corrected chi connectivity index (χ2v) is 2.30. The van der Waals surface area contributed by atoms with Crippen LogP contribution in [0.1, 0.15) is 0 Å². The number of carbonyl (C=O) groups excluding carboxylic acids is 1. The quantitative estimate of drug-likeness (QED) is 0.596. The molecule has 0 aromatic heterocycles. The molecule has 0 atom stereocenters. The van der Waals surface area contributed by atoms with Gasteiger partial charge in [-0.05, 0) is 0 Å². The number of amides is 2. The Kier molecular flexibility index (Phi) is 2.43. The molecular weight excluding hydrogens is 146 g/mol. The Morgan fingerprint density at radius 1 is 1.82 bits per heavy atom. The van der Waals surface area contributed by atoms with Crippen LogP contribution in [0.5, 0.6) is 0 Å². The lowest BCUT2D eigenvalue weighted by molar-refractivity contribution is 0.163. The summed E-state index contributed by atoms with van der Waals surface area (Å²) < 4.78 is 4.80. The maximum atomic E-state index is 10.9. The third-order valence-corrected chi connectivity index (χ3v) is 1.43. The van der Waals surface area contributed by atoms with Crippen LogP contribution >= 0.6 is 0 Å². The van der Waals surface area contributed by atoms with Crippen molar-refractivity contribution >= 4 is 11.9 Å². The molecule has 0 fully saturated rings. The molecule has 0 bridgehead atoms. The number of ether oxygens (including phenoxy) is 1. The SMILES string of the molecule is COCCN1CC(N)=NC1=O. The van der Waals surface area contributed by atoms with E-state index in [-0.39, 0.29) is 6.03 Å². The Morgan fingerprint density at radius 2 is 2.55 bits per heavy atom. The number of carbonyl (C=O) groups is 1. The maximum Gasteiger partial charge on any atom is 0.345 e. The zero-order valence-corrected chi connectivity index (χ0v) is 6.41. The van der Waals surface area contributed by atoms with Gasteiger partial charge in [-0.2, -0.15) is 4.99 Å². The molecule has 2 N–H and O–H groups in total. The van der Waals surface area contributed by atoms with Crippen molar-refractivity contribution in [3.8, 4) is 0 Å². The highest BCUT2D eigenvalue weighted by atomic mass is 16.5. The predicted molar refractivity (Wildman–Crippen MR) is 40.5 cm³/mol. The molecule has 11 heavy (non-hydrogen) atoms. The van der Waals surface area contributed by atoms with Crippen molar-refractivity contribution in [3.63, 3.8) is 0 Å². The summed E-state index contributed by atoms with van der Waals surface area (Å²) in [5.41, 5.74) is 5.33. The molecule has 1 aliphatic rings. The second-order valence-electron chi connectivity index (χ2n) is 2.30. The van der Waals surface area contributed by atoms with Crippen LogP contribution in [-0.4, -0.2) is 43.6 Å². The number of aliphatic imine (C=N–C) groups is 1. The zero-order valence-electron chi connectivity index (χ0n) is 6.41. The van der Waals surface area contributed by atoms with E-state index in [1.807, 2.05) is 0 Å². The molecule has 1 heterocycles. The predicted octanol–water partition coefficient (Wildman–Crippen LogP) is -0.574. The van der Waals surface area contributed by atoms with E-state index in [9.17, 15) is 4.79 Å². The van der Waals surface area contributed by atoms with Gasteiger partial charge in [0.1, 0.15) is 5.84 Å². The lowest BCUT2D eigenvalue weighted by atomic mass is 10.5. The Hall–Kier alpha value is -1.10. The third kappa shape index (κ3) is 1.91. The van der Waals surface area contributed by atoms with Crippen LogP contribution in [-0.2, 0) is 4.74 Å². The fourth-order valence-electron chi connectivity index (χ4n) is 0.868. The van der Waals surface area contributed by atoms with E-state index in [4.69, 9.17) is 10.5 Å². The van der Waals surface area contributed by atoms with Crippen molar-refractivity contribution in [2.24, 2.45) is 10.7 Å². The number of rotatable bonds is 3. The van der Waals surface area contributed by atoms with Crippen LogP contribution in [0.15, 0.2) is 4.99 Å². The van der Waals surface area contributed by atoms with Crippen LogP contribution in [0.3, 0.4) is 0 Å². The van der Waals surface area contributed by atoms with Gasteiger partial charge >= 0.3 is 6.03 Å². The Morgan fingerprint density at radius 3 is 3.00 bits per heavy atom. The van der Waals surface area contributed by atoms with Crippen LogP contribution < -0.4 is 5.73 Å². The largest absolute Gasteiger partial charge is 0.385 e. The highest BCUT2D eigenvalue weighted by Crippen LogP contribution is 2.00. The van der Waals surface area contributed by atoms with Gasteiger partial charge in [0.15, 0.2) is 0 Å². The van der Waals surface area contributed by atoms with Gasteiger partial charge in [0, 0.05) is 13.7 Å². The molecule has 62 valence electrons. The molecule has 0 saturated heterocycles. The summed E-state index contributed by atoms with van der Waals surface area (Å²) in [5.74, 6) is 0.381. The summed E-state index contributed by atoms with van der Waals surface area (Å²) in [7, 11) is 1.59. The molecule has 5 nitrogen and oxygen atoms in total. The van der Waals surface area contributed by atoms with Crippen molar-refractivity contribution in [1.29, 1.82) is 0 Å². The fraction of sp³-hybridized carbons (Fsp3) is 0.667. The Bertz CT molecular complexity index is 190. The first-order chi connectivity index (χ1) is 5.24. The second kappa shape index (κ2) is 3.34. The summed E-state index contributed by atoms with van der Waals surface area (Å²) in [4.78, 5) is 16.0. The molecule has 1 rings (SSSR count). The van der Waals surface area contributed by atoms with E-state index in [1.165, 1.54) is 0 Å². The van der Waals surface area contributed by atoms with E-state index < -0.39 is 0 Å². The molecule has 0 unspecified atom stereocenters. The molecule has 2 amide bonds. The highest BCUT2D eigenvalue weighted by Gasteiger charge is 2.20. The summed E-state index contributed by atoms with van der Waals surface area (Å²) in [6.45, 7) is 1.51. The van der Waals surface area contributed by atoms with Crippen molar-refractivity contribution in [1.82, 2.24) is 4.90 Å². The van der Waals surface area contributed by atoms with E-state index >= 15 is 0 Å². The van der Waals surface area contributed by atoms with Gasteiger partial charge in [0.25, 0.3) is 0 Å². The number of nitrogens with zero attached hydrogens (tertiary/aromatic N) is 2. The minimum Gasteiger partial charge on any atom is -0.385 e. The zero-order chi connectivity index (χ0) is 8.27. The average molecular weight is 157 g/mol. The Labute approximate surface area is 64.8 Å². The van der Waals surface area contributed by atoms with Gasteiger partial charge in [-0.25, -0.2) is 4.79 Å². The summed E-state index contributed by atoms with van der Waals surface area (Å²) in [6.07, 6.45) is 0. The highest BCUT2D eigenvalue weighted by molar-refractivity contribution is 6.00. The van der Waals surface area contributed by atoms with Gasteiger partial charge in [-0.3, -0.25) is 0 Å². The van der Waals surface area contributed by atoms with Crippen LogP contribution in [0, 0.1) is 0 Å². The van der Waals surface area contributed by atoms with Gasteiger partial charge in [-0.15, -0.1) is 0 Å². The van der Waals surface area contributed by atoms with E-state index in [0.29, 0.717) is 25.5 Å². The fourth-order valence-corrected chi connectivity index (χ4v) is 0.868. The number of urea groups is 1. The minimum absolute atomic E-state index is 0.264. The molecule has 0 aromatic carbocycles. The Balaban J connectivity index is 2.34. The van der Waals surface area contributed by atoms with E-state index in [2.05, 4.69) is 4.99 Å². The molecule has 1 aliphatic heterocycles. The minimum atomic E-state index is -0.264. The van der Waals surface area contributed by atoms with Gasteiger partial charge < -0.3 is 15.4 Å². The van der Waals surface area contributed by atoms with E-state index in [0.717, 1.165) is 0 Å². The topological polar surface area (TPSA) is 67.9 Å². The van der Waals surface area contributed by atoms with Crippen molar-refractivity contribution in [2.75, 3.05) is 26.8 Å². The number of methoxy groups -OCH3 is 1. The van der Waals surface area contributed by atoms with Crippen LogP contribution in [0.4, 0.5) is 4.79 Å². The lowest BCUT2D eigenvalue weighted by Gasteiger charge is -2.12. The summed E-state index contributed by atoms with van der Waals surface area (Å²) in [5, 5.41) is 0. The van der Waals surface area contributed by atoms with E-state index in [1.54, 1.807) is 12.0 Å². The van der Waals surface area contributed by atoms with Crippen LogP contribution in [0.2, 0.25) is 0 Å². The number of hydrogen-bond donors (Lipinski definition) is 1. The van der Waals surface area contributed by atoms with Crippen molar-refractivity contribution in [3.05, 3.63) is 0 Å². The smallest absolute Gasteiger partial charge is 0.345 e. The third-order valence-electron chi connectivity index (χ3n) is 1.43. The molecule has 0 aliphatic carbocycles. The maximum absolute atomic E-state index is 10.9. The monoisotopic (exact) mass is 157 g/mol. The first-order valence-corrected chi connectivity index (χ1v) is 3.35. The number of hydrogen-bond acceptors (Lipinski definition) is 3. The van der Waals surface area contributed by atoms with Crippen molar-refractivity contribution < 1.29 is 9.53 Å². The summed E-state index contributed by atoms with van der Waals surface area (Å²) >= 11 is 0. The summed E-state index contributed by atoms with van der Waals surface area (Å²) in [6, 6.07) is -0.264. The number of nitrogens with two attached hydrogens (primary N) is 1. The molecule has 0 radical (unpaired) electrons.